The lowest BCUT2D eigenvalue weighted by atomic mass is 10.1. The largest absolute Gasteiger partial charge is 0.350 e. The summed E-state index contributed by atoms with van der Waals surface area (Å²) in [7, 11) is 0. The topological polar surface area (TPSA) is 97.1 Å². The predicted molar refractivity (Wildman–Crippen MR) is 117 cm³/mol. The molecule has 0 saturated carbocycles. The van der Waals surface area contributed by atoms with E-state index in [9.17, 15) is 9.59 Å². The Morgan fingerprint density at radius 1 is 1.00 bits per heavy atom. The van der Waals surface area contributed by atoms with Gasteiger partial charge >= 0.3 is 5.69 Å². The summed E-state index contributed by atoms with van der Waals surface area (Å²) in [5.74, 6) is -0.269. The number of nitrogens with one attached hydrogen (secondary N) is 2. The highest BCUT2D eigenvalue weighted by Gasteiger charge is 2.15. The minimum absolute atomic E-state index is 0.212. The second kappa shape index (κ2) is 7.75. The molecule has 31 heavy (non-hydrogen) atoms. The van der Waals surface area contributed by atoms with Crippen molar-refractivity contribution in [3.63, 3.8) is 0 Å². The minimum Gasteiger partial charge on any atom is -0.322 e. The molecular weight excluding hydrogens is 392 g/mol. The smallest absolute Gasteiger partial charge is 0.322 e. The van der Waals surface area contributed by atoms with Crippen LogP contribution >= 0.6 is 0 Å². The van der Waals surface area contributed by atoms with Crippen LogP contribution < -0.4 is 11.0 Å². The number of aromatic nitrogens is 5. The molecule has 1 amide bonds. The van der Waals surface area contributed by atoms with Crippen molar-refractivity contribution in [3.8, 4) is 11.3 Å². The predicted octanol–water partition coefficient (Wildman–Crippen LogP) is 3.19. The van der Waals surface area contributed by atoms with E-state index in [-0.39, 0.29) is 11.6 Å². The zero-order valence-electron chi connectivity index (χ0n) is 16.4. The number of nitrogens with zero attached hydrogens (tertiary/aromatic N) is 4. The van der Waals surface area contributed by atoms with Gasteiger partial charge in [0, 0.05) is 17.4 Å². The van der Waals surface area contributed by atoms with E-state index in [1.807, 2.05) is 54.6 Å². The summed E-state index contributed by atoms with van der Waals surface area (Å²) in [4.78, 5) is 25.4. The van der Waals surface area contributed by atoms with Crippen molar-refractivity contribution in [3.05, 3.63) is 107 Å². The number of amides is 1. The maximum Gasteiger partial charge on any atom is 0.350 e. The van der Waals surface area contributed by atoms with Crippen molar-refractivity contribution >= 4 is 17.2 Å². The molecule has 8 heteroatoms. The maximum absolute atomic E-state index is 12.9. The van der Waals surface area contributed by atoms with Crippen LogP contribution in [0.3, 0.4) is 0 Å². The Bertz CT molecular complexity index is 1430. The molecule has 2 N–H and O–H groups in total. The van der Waals surface area contributed by atoms with E-state index in [1.165, 1.54) is 15.3 Å². The Kier molecular flexibility index (Phi) is 4.64. The van der Waals surface area contributed by atoms with Crippen molar-refractivity contribution in [2.45, 2.75) is 6.54 Å². The lowest BCUT2D eigenvalue weighted by Gasteiger charge is -2.08. The van der Waals surface area contributed by atoms with E-state index in [0.717, 1.165) is 11.1 Å². The van der Waals surface area contributed by atoms with Crippen LogP contribution in [0.2, 0.25) is 0 Å². The number of pyridine rings is 1. The van der Waals surface area contributed by atoms with Gasteiger partial charge in [-0.05, 0) is 29.8 Å². The summed E-state index contributed by atoms with van der Waals surface area (Å²) >= 11 is 0. The number of fused-ring (bicyclic) bond motifs is 1. The molecular formula is C23H18N6O2. The van der Waals surface area contributed by atoms with Gasteiger partial charge in [0.15, 0.2) is 5.65 Å². The summed E-state index contributed by atoms with van der Waals surface area (Å²) < 4.78 is 2.90. The molecule has 3 aromatic heterocycles. The summed E-state index contributed by atoms with van der Waals surface area (Å²) in [6.07, 6.45) is 3.20. The fourth-order valence-corrected chi connectivity index (χ4v) is 3.47. The minimum atomic E-state index is -0.269. The average molecular weight is 410 g/mol. The Labute approximate surface area is 176 Å². The van der Waals surface area contributed by atoms with Crippen molar-refractivity contribution in [2.24, 2.45) is 0 Å². The molecule has 0 fully saturated rings. The van der Waals surface area contributed by atoms with E-state index >= 15 is 0 Å². The fraction of sp³-hybridized carbons (Fsp3) is 0.0435. The van der Waals surface area contributed by atoms with Crippen molar-refractivity contribution in [1.29, 1.82) is 0 Å². The number of hydrogen-bond donors (Lipinski definition) is 2. The summed E-state index contributed by atoms with van der Waals surface area (Å²) in [5.41, 5.74) is 3.84. The zero-order valence-corrected chi connectivity index (χ0v) is 16.4. The number of benzene rings is 2. The average Bonchev–Trinajstić information content (AvgIpc) is 3.40. The van der Waals surface area contributed by atoms with Gasteiger partial charge in [-0.2, -0.15) is 5.10 Å². The molecule has 5 aromatic rings. The fourth-order valence-electron chi connectivity index (χ4n) is 3.47. The van der Waals surface area contributed by atoms with E-state index in [0.29, 0.717) is 29.1 Å². The van der Waals surface area contributed by atoms with Gasteiger partial charge < -0.3 is 5.32 Å². The third-order valence-electron chi connectivity index (χ3n) is 4.95. The van der Waals surface area contributed by atoms with E-state index in [4.69, 9.17) is 0 Å². The molecule has 0 spiro atoms. The summed E-state index contributed by atoms with van der Waals surface area (Å²) in [6.45, 7) is 0.297. The summed E-state index contributed by atoms with van der Waals surface area (Å²) in [5, 5.41) is 14.2. The zero-order chi connectivity index (χ0) is 21.2. The first kappa shape index (κ1) is 18.6. The standard InChI is InChI=1S/C23H18N6O2/c30-22(19-14-24-26-21(19)17-8-2-1-3-9-17)25-18-10-6-7-16(13-18)15-29-23(31)28-12-5-4-11-20(28)27-29/h1-14H,15H2,(H,24,26)(H,25,30). The molecule has 152 valence electrons. The summed E-state index contributed by atoms with van der Waals surface area (Å²) in [6, 6.07) is 22.3. The van der Waals surface area contributed by atoms with Crippen LogP contribution in [-0.2, 0) is 6.54 Å². The van der Waals surface area contributed by atoms with Crippen LogP contribution in [0.5, 0.6) is 0 Å². The first-order chi connectivity index (χ1) is 15.2. The number of hydrogen-bond acceptors (Lipinski definition) is 4. The van der Waals surface area contributed by atoms with Crippen LogP contribution in [0.4, 0.5) is 5.69 Å². The Morgan fingerprint density at radius 2 is 1.84 bits per heavy atom. The molecule has 0 atom stereocenters. The van der Waals surface area contributed by atoms with Gasteiger partial charge in [0.25, 0.3) is 5.91 Å². The second-order valence-electron chi connectivity index (χ2n) is 7.05. The van der Waals surface area contributed by atoms with Crippen molar-refractivity contribution in [1.82, 2.24) is 24.4 Å². The van der Waals surface area contributed by atoms with Crippen LogP contribution in [-0.4, -0.2) is 30.3 Å². The molecule has 5 rings (SSSR count). The van der Waals surface area contributed by atoms with Gasteiger partial charge in [0.2, 0.25) is 0 Å². The maximum atomic E-state index is 12.9. The van der Waals surface area contributed by atoms with Crippen LogP contribution in [0, 0.1) is 0 Å². The highest BCUT2D eigenvalue weighted by molar-refractivity contribution is 6.08. The Morgan fingerprint density at radius 3 is 2.68 bits per heavy atom. The molecule has 3 heterocycles. The highest BCUT2D eigenvalue weighted by atomic mass is 16.2. The number of anilines is 1. The van der Waals surface area contributed by atoms with Gasteiger partial charge in [0.05, 0.1) is 24.0 Å². The Balaban J connectivity index is 1.38. The van der Waals surface area contributed by atoms with Crippen LogP contribution in [0.1, 0.15) is 15.9 Å². The van der Waals surface area contributed by atoms with Crippen molar-refractivity contribution in [2.75, 3.05) is 5.32 Å². The SMILES string of the molecule is O=C(Nc1cccc(Cn2nc3ccccn3c2=O)c1)c1cn[nH]c1-c1ccccc1. The number of carbonyl (C=O) groups excluding carboxylic acids is 1. The molecule has 0 saturated heterocycles. The quantitative estimate of drug-likeness (QED) is 0.465. The number of H-pyrrole nitrogens is 1. The number of carbonyl (C=O) groups is 1. The Hall–Kier alpha value is -4.46. The van der Waals surface area contributed by atoms with Crippen LogP contribution in [0.25, 0.3) is 16.9 Å². The van der Waals surface area contributed by atoms with Gasteiger partial charge in [0.1, 0.15) is 0 Å². The van der Waals surface area contributed by atoms with Crippen LogP contribution in [0.15, 0.2) is 90.0 Å². The van der Waals surface area contributed by atoms with Gasteiger partial charge in [-0.25, -0.2) is 9.48 Å². The highest BCUT2D eigenvalue weighted by Crippen LogP contribution is 2.22. The first-order valence-electron chi connectivity index (χ1n) is 9.72. The third kappa shape index (κ3) is 3.62. The van der Waals surface area contributed by atoms with E-state index in [1.54, 1.807) is 24.4 Å². The van der Waals surface area contributed by atoms with E-state index < -0.39 is 0 Å². The molecule has 0 aliphatic heterocycles. The molecule has 8 nitrogen and oxygen atoms in total. The molecule has 0 radical (unpaired) electrons. The molecule has 0 unspecified atom stereocenters. The monoisotopic (exact) mass is 410 g/mol. The normalized spacial score (nSPS) is 11.0. The lowest BCUT2D eigenvalue weighted by molar-refractivity contribution is 0.102. The van der Waals surface area contributed by atoms with Gasteiger partial charge in [-0.1, -0.05) is 48.5 Å². The van der Waals surface area contributed by atoms with E-state index in [2.05, 4.69) is 20.6 Å². The molecule has 0 aliphatic carbocycles. The number of rotatable bonds is 5. The third-order valence-corrected chi connectivity index (χ3v) is 4.95. The molecule has 0 aliphatic rings. The molecule has 2 aromatic carbocycles. The number of aromatic amines is 1. The van der Waals surface area contributed by atoms with Gasteiger partial charge in [-0.15, -0.1) is 5.10 Å². The van der Waals surface area contributed by atoms with Gasteiger partial charge in [-0.3, -0.25) is 14.3 Å². The first-order valence-corrected chi connectivity index (χ1v) is 9.72. The second-order valence-corrected chi connectivity index (χ2v) is 7.05. The lowest BCUT2D eigenvalue weighted by Crippen LogP contribution is -2.21. The van der Waals surface area contributed by atoms with Crippen molar-refractivity contribution < 1.29 is 4.79 Å². The molecule has 0 bridgehead atoms.